The van der Waals surface area contributed by atoms with Crippen molar-refractivity contribution in [2.75, 3.05) is 52.4 Å². The lowest BCUT2D eigenvalue weighted by atomic mass is 10.2. The highest BCUT2D eigenvalue weighted by Crippen LogP contribution is 2.28. The highest BCUT2D eigenvalue weighted by Gasteiger charge is 2.36. The summed E-state index contributed by atoms with van der Waals surface area (Å²) in [5.41, 5.74) is 0. The van der Waals surface area contributed by atoms with Crippen molar-refractivity contribution < 1.29 is 9.53 Å². The highest BCUT2D eigenvalue weighted by atomic mass is 16.6. The van der Waals surface area contributed by atoms with Gasteiger partial charge in [-0.15, -0.1) is 0 Å². The second-order valence-corrected chi connectivity index (χ2v) is 7.11. The van der Waals surface area contributed by atoms with Gasteiger partial charge in [-0.3, -0.25) is 9.80 Å². The molecule has 6 heteroatoms. The van der Waals surface area contributed by atoms with E-state index in [4.69, 9.17) is 10.1 Å². The number of piperazine rings is 2. The van der Waals surface area contributed by atoms with Crippen molar-refractivity contribution >= 4 is 6.09 Å². The van der Waals surface area contributed by atoms with Crippen molar-refractivity contribution in [2.45, 2.75) is 38.9 Å². The molecule has 0 N–H and O–H groups in total. The number of rotatable bonds is 4. The van der Waals surface area contributed by atoms with Gasteiger partial charge in [0.05, 0.1) is 12.8 Å². The van der Waals surface area contributed by atoms with Gasteiger partial charge in [0.1, 0.15) is 0 Å². The zero-order valence-electron chi connectivity index (χ0n) is 13.9. The van der Waals surface area contributed by atoms with Gasteiger partial charge in [-0.1, -0.05) is 13.8 Å². The fourth-order valence-electron chi connectivity index (χ4n) is 3.23. The summed E-state index contributed by atoms with van der Waals surface area (Å²) in [4.78, 5) is 18.9. The van der Waals surface area contributed by atoms with Crippen LogP contribution in [0.5, 0.6) is 0 Å². The summed E-state index contributed by atoms with van der Waals surface area (Å²) in [7, 11) is 0. The summed E-state index contributed by atoms with van der Waals surface area (Å²) in [5.74, 6) is 0.389. The molecular formula is C16H29N4O2. The summed E-state index contributed by atoms with van der Waals surface area (Å²) in [6.45, 7) is 11.1. The zero-order valence-corrected chi connectivity index (χ0v) is 13.9. The molecule has 3 fully saturated rings. The molecule has 1 amide bonds. The van der Waals surface area contributed by atoms with E-state index in [0.29, 0.717) is 18.7 Å². The number of amides is 1. The van der Waals surface area contributed by atoms with Gasteiger partial charge in [-0.05, 0) is 18.8 Å². The summed E-state index contributed by atoms with van der Waals surface area (Å²) >= 11 is 0. The Balaban J connectivity index is 1.42. The van der Waals surface area contributed by atoms with E-state index in [2.05, 4.69) is 23.6 Å². The van der Waals surface area contributed by atoms with Gasteiger partial charge in [0.25, 0.3) is 0 Å². The molecule has 125 valence electrons. The fraction of sp³-hybridized carbons (Fsp3) is 0.938. The number of carbonyl (C=O) groups is 1. The van der Waals surface area contributed by atoms with Crippen LogP contribution in [0.4, 0.5) is 4.79 Å². The van der Waals surface area contributed by atoms with Crippen molar-refractivity contribution in [2.24, 2.45) is 5.92 Å². The van der Waals surface area contributed by atoms with E-state index < -0.39 is 0 Å². The average molecular weight is 309 g/mol. The Kier molecular flexibility index (Phi) is 5.21. The zero-order chi connectivity index (χ0) is 15.5. The normalized spacial score (nSPS) is 28.1. The predicted octanol–water partition coefficient (Wildman–Crippen LogP) is 0.805. The molecule has 0 spiro atoms. The second-order valence-electron chi connectivity index (χ2n) is 7.11. The second kappa shape index (κ2) is 7.15. The number of carbonyl (C=O) groups excluding carboxylic acids is 1. The minimum absolute atomic E-state index is 0.159. The maximum absolute atomic E-state index is 12.0. The van der Waals surface area contributed by atoms with Gasteiger partial charge in [-0.25, -0.2) is 10.1 Å². The fourth-order valence-corrected chi connectivity index (χ4v) is 3.23. The Labute approximate surface area is 133 Å². The predicted molar refractivity (Wildman–Crippen MR) is 84.7 cm³/mol. The molecule has 2 aliphatic heterocycles. The van der Waals surface area contributed by atoms with Crippen LogP contribution in [-0.2, 0) is 4.74 Å². The molecule has 1 unspecified atom stereocenters. The summed E-state index contributed by atoms with van der Waals surface area (Å²) in [5, 5.41) is 4.79. The lowest BCUT2D eigenvalue weighted by Crippen LogP contribution is -2.60. The SMILES string of the molecule is CC(C)COC(=O)N1CCN(C2CN(C3CC3)CC[N]2)CC1. The van der Waals surface area contributed by atoms with E-state index in [0.717, 1.165) is 51.9 Å². The van der Waals surface area contributed by atoms with Gasteiger partial charge < -0.3 is 9.64 Å². The van der Waals surface area contributed by atoms with Crippen LogP contribution in [-0.4, -0.2) is 85.4 Å². The molecule has 1 radical (unpaired) electrons. The summed E-state index contributed by atoms with van der Waals surface area (Å²) in [6.07, 6.45) is 2.89. The molecule has 0 aromatic rings. The minimum Gasteiger partial charge on any atom is -0.449 e. The average Bonchev–Trinajstić information content (AvgIpc) is 3.38. The molecule has 3 aliphatic rings. The van der Waals surface area contributed by atoms with Gasteiger partial charge >= 0.3 is 6.09 Å². The monoisotopic (exact) mass is 309 g/mol. The molecule has 2 heterocycles. The van der Waals surface area contributed by atoms with Crippen LogP contribution in [0.1, 0.15) is 26.7 Å². The molecule has 0 aromatic heterocycles. The summed E-state index contributed by atoms with van der Waals surface area (Å²) in [6, 6.07) is 0.824. The van der Waals surface area contributed by atoms with Crippen LogP contribution in [0.15, 0.2) is 0 Å². The van der Waals surface area contributed by atoms with Gasteiger partial charge in [-0.2, -0.15) is 0 Å². The molecule has 0 aromatic carbocycles. The molecule has 6 nitrogen and oxygen atoms in total. The molecule has 1 saturated carbocycles. The molecule has 2 saturated heterocycles. The lowest BCUT2D eigenvalue weighted by Gasteiger charge is -2.42. The third-order valence-corrected chi connectivity index (χ3v) is 4.72. The van der Waals surface area contributed by atoms with E-state index >= 15 is 0 Å². The Morgan fingerprint density at radius 2 is 1.86 bits per heavy atom. The van der Waals surface area contributed by atoms with Crippen LogP contribution >= 0.6 is 0 Å². The van der Waals surface area contributed by atoms with Crippen molar-refractivity contribution in [3.63, 3.8) is 0 Å². The van der Waals surface area contributed by atoms with Crippen molar-refractivity contribution in [1.82, 2.24) is 20.0 Å². The van der Waals surface area contributed by atoms with E-state index in [9.17, 15) is 4.79 Å². The third-order valence-electron chi connectivity index (χ3n) is 4.72. The maximum atomic E-state index is 12.0. The van der Waals surface area contributed by atoms with E-state index in [-0.39, 0.29) is 6.09 Å². The minimum atomic E-state index is -0.159. The van der Waals surface area contributed by atoms with E-state index in [1.807, 2.05) is 4.90 Å². The summed E-state index contributed by atoms with van der Waals surface area (Å²) < 4.78 is 5.32. The smallest absolute Gasteiger partial charge is 0.409 e. The number of nitrogens with zero attached hydrogens (tertiary/aromatic N) is 4. The first-order valence-corrected chi connectivity index (χ1v) is 8.70. The van der Waals surface area contributed by atoms with Crippen molar-refractivity contribution in [1.29, 1.82) is 0 Å². The van der Waals surface area contributed by atoms with Crippen LogP contribution in [0, 0.1) is 5.92 Å². The van der Waals surface area contributed by atoms with E-state index in [1.165, 1.54) is 12.8 Å². The van der Waals surface area contributed by atoms with E-state index in [1.54, 1.807) is 0 Å². The van der Waals surface area contributed by atoms with Crippen LogP contribution in [0.3, 0.4) is 0 Å². The third kappa shape index (κ3) is 4.12. The number of ether oxygens (including phenoxy) is 1. The first kappa shape index (κ1) is 16.0. The molecule has 3 rings (SSSR count). The number of hydrogen-bond donors (Lipinski definition) is 0. The van der Waals surface area contributed by atoms with Crippen LogP contribution in [0.2, 0.25) is 0 Å². The first-order chi connectivity index (χ1) is 10.6. The van der Waals surface area contributed by atoms with Gasteiger partial charge in [0.15, 0.2) is 0 Å². The topological polar surface area (TPSA) is 50.1 Å². The van der Waals surface area contributed by atoms with Crippen molar-refractivity contribution in [3.05, 3.63) is 0 Å². The maximum Gasteiger partial charge on any atom is 0.409 e. The van der Waals surface area contributed by atoms with Gasteiger partial charge in [0.2, 0.25) is 0 Å². The Morgan fingerprint density at radius 1 is 1.14 bits per heavy atom. The van der Waals surface area contributed by atoms with Crippen LogP contribution in [0.25, 0.3) is 0 Å². The Morgan fingerprint density at radius 3 is 2.50 bits per heavy atom. The highest BCUT2D eigenvalue weighted by molar-refractivity contribution is 5.67. The van der Waals surface area contributed by atoms with Crippen LogP contribution < -0.4 is 5.32 Å². The molecule has 22 heavy (non-hydrogen) atoms. The van der Waals surface area contributed by atoms with Crippen molar-refractivity contribution in [3.8, 4) is 0 Å². The van der Waals surface area contributed by atoms with Gasteiger partial charge in [0, 0.05) is 51.9 Å². The Hall–Kier alpha value is -0.850. The standard InChI is InChI=1S/C16H29N4O2/c1-13(2)12-22-16(21)19-9-7-18(8-10-19)15-11-20(6-5-17-15)14-3-4-14/h13-15H,3-12H2,1-2H3. The first-order valence-electron chi connectivity index (χ1n) is 8.70. The Bertz CT molecular complexity index is 378. The molecule has 1 atom stereocenters. The lowest BCUT2D eigenvalue weighted by molar-refractivity contribution is 0.0282. The molecular weight excluding hydrogens is 280 g/mol. The largest absolute Gasteiger partial charge is 0.449 e. The molecule has 1 aliphatic carbocycles. The quantitative estimate of drug-likeness (QED) is 0.771. The molecule has 0 bridgehead atoms. The number of hydrogen-bond acceptors (Lipinski definition) is 4.